The predicted octanol–water partition coefficient (Wildman–Crippen LogP) is 7.36. The van der Waals surface area contributed by atoms with Crippen molar-refractivity contribution < 1.29 is 28.5 Å². The summed E-state index contributed by atoms with van der Waals surface area (Å²) in [7, 11) is 6.76. The maximum Gasteiger partial charge on any atom is 0.161 e. The van der Waals surface area contributed by atoms with Crippen LogP contribution in [0.1, 0.15) is 84.7 Å². The fraction of sp³-hybridized carbons (Fsp3) is 0.500. The lowest BCUT2D eigenvalue weighted by atomic mass is 9.49. The van der Waals surface area contributed by atoms with Crippen molar-refractivity contribution in [2.24, 2.45) is 11.8 Å². The SMILES string of the molecule is COc1cc2cc(C3C(C(C)=O)C(C(C)=O)C3c3cc4cc(OC)c(OC)cc4c4c3CN3CCCC3C4)c3c(c2cc1OC)CC1CCCN1C3. The number of nitrogens with zero attached hydrogens (tertiary/aromatic N) is 2. The molecule has 4 aromatic carbocycles. The monoisotopic (exact) mass is 702 g/mol. The number of methoxy groups -OCH3 is 4. The van der Waals surface area contributed by atoms with Crippen LogP contribution in [-0.2, 0) is 35.5 Å². The molecule has 5 aliphatic rings. The zero-order chi connectivity index (χ0) is 36.0. The Balaban J connectivity index is 1.30. The highest BCUT2D eigenvalue weighted by Gasteiger charge is 2.57. The fourth-order valence-electron chi connectivity index (χ4n) is 11.2. The van der Waals surface area contributed by atoms with E-state index >= 15 is 0 Å². The highest BCUT2D eigenvalue weighted by molar-refractivity contribution is 5.96. The lowest BCUT2D eigenvalue weighted by Gasteiger charge is -2.53. The first-order chi connectivity index (χ1) is 25.2. The second-order valence-electron chi connectivity index (χ2n) is 16.0. The molecule has 9 rings (SSSR count). The summed E-state index contributed by atoms with van der Waals surface area (Å²) in [5, 5.41) is 4.60. The molecule has 6 unspecified atom stereocenters. The van der Waals surface area contributed by atoms with Gasteiger partial charge in [0.1, 0.15) is 11.6 Å². The molecule has 0 spiro atoms. The van der Waals surface area contributed by atoms with Gasteiger partial charge in [-0.3, -0.25) is 19.4 Å². The second kappa shape index (κ2) is 12.8. The zero-order valence-electron chi connectivity index (χ0n) is 31.3. The van der Waals surface area contributed by atoms with Crippen molar-refractivity contribution >= 4 is 33.1 Å². The summed E-state index contributed by atoms with van der Waals surface area (Å²) >= 11 is 0. The van der Waals surface area contributed by atoms with Crippen LogP contribution < -0.4 is 18.9 Å². The van der Waals surface area contributed by atoms with E-state index in [1.807, 2.05) is 0 Å². The summed E-state index contributed by atoms with van der Waals surface area (Å²) in [5.41, 5.74) is 7.84. The molecule has 0 radical (unpaired) electrons. The van der Waals surface area contributed by atoms with Crippen molar-refractivity contribution in [2.45, 2.75) is 89.4 Å². The maximum atomic E-state index is 13.9. The van der Waals surface area contributed by atoms with Gasteiger partial charge >= 0.3 is 0 Å². The van der Waals surface area contributed by atoms with E-state index in [9.17, 15) is 9.59 Å². The van der Waals surface area contributed by atoms with E-state index in [-0.39, 0.29) is 35.2 Å². The fourth-order valence-corrected chi connectivity index (χ4v) is 11.2. The highest BCUT2D eigenvalue weighted by Crippen LogP contribution is 2.62. The van der Waals surface area contributed by atoms with E-state index in [2.05, 4.69) is 46.2 Å². The first-order valence-electron chi connectivity index (χ1n) is 19.1. The lowest BCUT2D eigenvalue weighted by molar-refractivity contribution is -0.139. The molecular weight excluding hydrogens is 652 g/mol. The smallest absolute Gasteiger partial charge is 0.161 e. The number of hydrogen-bond donors (Lipinski definition) is 0. The molecule has 3 fully saturated rings. The number of carbonyl (C=O) groups is 2. The number of rotatable bonds is 8. The Kier molecular flexibility index (Phi) is 8.27. The van der Waals surface area contributed by atoms with Gasteiger partial charge in [0.05, 0.1) is 28.4 Å². The Morgan fingerprint density at radius 3 is 1.31 bits per heavy atom. The van der Waals surface area contributed by atoms with E-state index in [0.717, 1.165) is 61.3 Å². The highest BCUT2D eigenvalue weighted by atomic mass is 16.5. The van der Waals surface area contributed by atoms with Gasteiger partial charge in [0.25, 0.3) is 0 Å². The van der Waals surface area contributed by atoms with Gasteiger partial charge in [0.2, 0.25) is 0 Å². The van der Waals surface area contributed by atoms with Gasteiger partial charge in [-0.25, -0.2) is 0 Å². The van der Waals surface area contributed by atoms with Crippen molar-refractivity contribution in [3.8, 4) is 23.0 Å². The van der Waals surface area contributed by atoms with Crippen molar-refractivity contribution in [3.05, 3.63) is 69.8 Å². The minimum atomic E-state index is -0.389. The number of fused-ring (bicyclic) bond motifs is 8. The molecule has 52 heavy (non-hydrogen) atoms. The normalized spacial score (nSPS) is 26.7. The van der Waals surface area contributed by atoms with Crippen LogP contribution in [-0.4, -0.2) is 75.0 Å². The van der Waals surface area contributed by atoms with Crippen molar-refractivity contribution in [3.63, 3.8) is 0 Å². The zero-order valence-corrected chi connectivity index (χ0v) is 31.3. The van der Waals surface area contributed by atoms with Gasteiger partial charge in [0, 0.05) is 48.8 Å². The summed E-state index contributed by atoms with van der Waals surface area (Å²) in [4.78, 5) is 33.0. The topological polar surface area (TPSA) is 77.5 Å². The molecule has 0 amide bonds. The third-order valence-corrected chi connectivity index (χ3v) is 13.6. The third-order valence-electron chi connectivity index (χ3n) is 13.6. The molecule has 6 atom stereocenters. The molecule has 0 N–H and O–H groups in total. The molecule has 8 nitrogen and oxygen atoms in total. The minimum Gasteiger partial charge on any atom is -0.493 e. The molecule has 1 aliphatic carbocycles. The molecule has 4 aromatic rings. The van der Waals surface area contributed by atoms with Gasteiger partial charge in [-0.1, -0.05) is 12.1 Å². The molecule has 8 heteroatoms. The number of benzene rings is 4. The van der Waals surface area contributed by atoms with Crippen LogP contribution in [0.3, 0.4) is 0 Å². The first-order valence-corrected chi connectivity index (χ1v) is 19.1. The van der Waals surface area contributed by atoms with Crippen molar-refractivity contribution in [2.75, 3.05) is 41.5 Å². The number of Topliss-reactive ketones (excluding diaryl/α,β-unsaturated/α-hetero) is 2. The van der Waals surface area contributed by atoms with E-state index in [0.29, 0.717) is 23.6 Å². The third kappa shape index (κ3) is 5.00. The second-order valence-corrected chi connectivity index (χ2v) is 16.0. The van der Waals surface area contributed by atoms with E-state index < -0.39 is 0 Å². The van der Waals surface area contributed by atoms with Crippen LogP contribution in [0.2, 0.25) is 0 Å². The number of ketones is 2. The summed E-state index contributed by atoms with van der Waals surface area (Å²) in [5.74, 6) is 2.01. The van der Waals surface area contributed by atoms with Crippen LogP contribution in [0.4, 0.5) is 0 Å². The van der Waals surface area contributed by atoms with Gasteiger partial charge < -0.3 is 18.9 Å². The number of ether oxygens (including phenoxy) is 4. The van der Waals surface area contributed by atoms with Crippen molar-refractivity contribution in [1.82, 2.24) is 9.80 Å². The Labute approximate surface area is 306 Å². The maximum absolute atomic E-state index is 13.9. The molecule has 1 saturated carbocycles. The lowest BCUT2D eigenvalue weighted by Crippen LogP contribution is -2.51. The molecular formula is C44H50N2O6. The van der Waals surface area contributed by atoms with E-state index in [1.165, 1.54) is 69.8 Å². The van der Waals surface area contributed by atoms with Gasteiger partial charge in [-0.2, -0.15) is 0 Å². The summed E-state index contributed by atoms with van der Waals surface area (Å²) in [6, 6.07) is 14.2. The van der Waals surface area contributed by atoms with Gasteiger partial charge in [-0.15, -0.1) is 0 Å². The average molecular weight is 703 g/mol. The Hall–Kier alpha value is -4.14. The molecule has 0 aromatic heterocycles. The van der Waals surface area contributed by atoms with Crippen LogP contribution in [0, 0.1) is 11.8 Å². The Morgan fingerprint density at radius 1 is 0.558 bits per heavy atom. The first kappa shape index (κ1) is 33.7. The van der Waals surface area contributed by atoms with E-state index in [4.69, 9.17) is 18.9 Å². The molecule has 4 aliphatic heterocycles. The molecule has 4 heterocycles. The van der Waals surface area contributed by atoms with Crippen LogP contribution in [0.25, 0.3) is 21.5 Å². The number of carbonyl (C=O) groups excluding carboxylic acids is 2. The standard InChI is InChI=1S/C44H50N2O6/c1-23(47)41-42(24(2)48)44(34-14-26-16-38(50-4)40(52-6)20-30(26)32-18-28-10-8-12-46(28)22-36(32)34)43(41)33-13-25-15-37(49-3)39(51-5)19-29(25)31-17-27-9-7-11-45(27)21-35(31)33/h13-16,19-20,27-28,41-44H,7-12,17-18,21-22H2,1-6H3. The van der Waals surface area contributed by atoms with Crippen molar-refractivity contribution in [1.29, 1.82) is 0 Å². The van der Waals surface area contributed by atoms with Crippen LogP contribution >= 0.6 is 0 Å². The Morgan fingerprint density at radius 2 is 0.942 bits per heavy atom. The number of hydrogen-bond acceptors (Lipinski definition) is 8. The van der Waals surface area contributed by atoms with Crippen LogP contribution in [0.5, 0.6) is 23.0 Å². The predicted molar refractivity (Wildman–Crippen MR) is 202 cm³/mol. The van der Waals surface area contributed by atoms with E-state index in [1.54, 1.807) is 42.3 Å². The molecule has 272 valence electrons. The molecule has 2 saturated heterocycles. The summed E-state index contributed by atoms with van der Waals surface area (Å²) in [6.07, 6.45) is 6.73. The minimum absolute atomic E-state index is 0.0955. The van der Waals surface area contributed by atoms with Gasteiger partial charge in [0.15, 0.2) is 23.0 Å². The van der Waals surface area contributed by atoms with Gasteiger partial charge in [-0.05, 0) is 145 Å². The molecule has 0 bridgehead atoms. The quantitative estimate of drug-likeness (QED) is 0.189. The summed E-state index contributed by atoms with van der Waals surface area (Å²) < 4.78 is 23.2. The Bertz CT molecular complexity index is 1990. The van der Waals surface area contributed by atoms with Crippen LogP contribution in [0.15, 0.2) is 36.4 Å². The summed E-state index contributed by atoms with van der Waals surface area (Å²) in [6.45, 7) is 7.30. The average Bonchev–Trinajstić information content (AvgIpc) is 3.80. The largest absolute Gasteiger partial charge is 0.493 e.